The SMILES string of the molecule is COC(=O)c1cc(-c2ccc(CC(NC(=O)OCC3c4ccccc4-c4ccccc43)C(=O)O)o2)ccc1Cl. The smallest absolute Gasteiger partial charge is 0.407 e. The third kappa shape index (κ3) is 5.37. The zero-order valence-corrected chi connectivity index (χ0v) is 21.6. The van der Waals surface area contributed by atoms with Crippen LogP contribution in [0.25, 0.3) is 22.5 Å². The second kappa shape index (κ2) is 11.0. The van der Waals surface area contributed by atoms with Crippen LogP contribution in [0.3, 0.4) is 0 Å². The molecule has 1 aliphatic rings. The number of furan rings is 1. The zero-order chi connectivity index (χ0) is 27.5. The van der Waals surface area contributed by atoms with Crippen molar-refractivity contribution in [2.24, 2.45) is 0 Å². The maximum atomic E-state index is 12.6. The lowest BCUT2D eigenvalue weighted by atomic mass is 9.98. The van der Waals surface area contributed by atoms with Crippen LogP contribution < -0.4 is 5.32 Å². The first-order valence-corrected chi connectivity index (χ1v) is 12.5. The molecule has 0 fully saturated rings. The number of hydrogen-bond acceptors (Lipinski definition) is 6. The normalized spacial score (nSPS) is 12.8. The summed E-state index contributed by atoms with van der Waals surface area (Å²) in [5.74, 6) is -1.25. The molecule has 2 N–H and O–H groups in total. The van der Waals surface area contributed by atoms with Gasteiger partial charge in [-0.2, -0.15) is 0 Å². The van der Waals surface area contributed by atoms with Gasteiger partial charge in [-0.3, -0.25) is 0 Å². The molecule has 0 bridgehead atoms. The maximum absolute atomic E-state index is 12.6. The van der Waals surface area contributed by atoms with Crippen LogP contribution >= 0.6 is 11.6 Å². The van der Waals surface area contributed by atoms with Crippen molar-refractivity contribution >= 4 is 29.6 Å². The van der Waals surface area contributed by atoms with Gasteiger partial charge in [-0.15, -0.1) is 0 Å². The first kappa shape index (κ1) is 26.1. The topological polar surface area (TPSA) is 115 Å². The van der Waals surface area contributed by atoms with E-state index in [1.54, 1.807) is 24.3 Å². The van der Waals surface area contributed by atoms with E-state index in [-0.39, 0.29) is 29.5 Å². The summed E-state index contributed by atoms with van der Waals surface area (Å²) in [6.07, 6.45) is -0.951. The van der Waals surface area contributed by atoms with Crippen molar-refractivity contribution in [1.29, 1.82) is 0 Å². The van der Waals surface area contributed by atoms with Gasteiger partial charge in [0.1, 0.15) is 24.2 Å². The quantitative estimate of drug-likeness (QED) is 0.264. The molecule has 1 unspecified atom stereocenters. The predicted molar refractivity (Wildman–Crippen MR) is 144 cm³/mol. The van der Waals surface area contributed by atoms with Crippen molar-refractivity contribution in [2.45, 2.75) is 18.4 Å². The maximum Gasteiger partial charge on any atom is 0.407 e. The van der Waals surface area contributed by atoms with E-state index in [0.717, 1.165) is 22.3 Å². The Balaban J connectivity index is 1.25. The lowest BCUT2D eigenvalue weighted by Gasteiger charge is -2.17. The fourth-order valence-electron chi connectivity index (χ4n) is 4.77. The van der Waals surface area contributed by atoms with E-state index < -0.39 is 24.1 Å². The molecule has 8 nitrogen and oxygen atoms in total. The summed E-state index contributed by atoms with van der Waals surface area (Å²) in [5.41, 5.74) is 5.04. The molecule has 0 aliphatic heterocycles. The third-order valence-corrected chi connectivity index (χ3v) is 6.99. The van der Waals surface area contributed by atoms with Gasteiger partial charge < -0.3 is 24.3 Å². The summed E-state index contributed by atoms with van der Waals surface area (Å²) in [6, 6.07) is 22.6. The summed E-state index contributed by atoms with van der Waals surface area (Å²) in [4.78, 5) is 36.5. The average Bonchev–Trinajstić information content (AvgIpc) is 3.54. The van der Waals surface area contributed by atoms with Gasteiger partial charge in [-0.1, -0.05) is 60.1 Å². The van der Waals surface area contributed by atoms with Crippen molar-refractivity contribution in [3.8, 4) is 22.5 Å². The molecule has 198 valence electrons. The molecule has 5 rings (SSSR count). The number of carboxylic acids is 1. The number of carbonyl (C=O) groups excluding carboxylic acids is 2. The molecule has 9 heteroatoms. The molecule has 1 aromatic heterocycles. The fourth-order valence-corrected chi connectivity index (χ4v) is 4.97. The summed E-state index contributed by atoms with van der Waals surface area (Å²) < 4.78 is 16.0. The zero-order valence-electron chi connectivity index (χ0n) is 20.8. The van der Waals surface area contributed by atoms with Crippen molar-refractivity contribution in [3.05, 3.63) is 106 Å². The minimum Gasteiger partial charge on any atom is -0.480 e. The number of methoxy groups -OCH3 is 1. The van der Waals surface area contributed by atoms with Crippen LogP contribution in [0.5, 0.6) is 0 Å². The highest BCUT2D eigenvalue weighted by molar-refractivity contribution is 6.33. The van der Waals surface area contributed by atoms with Crippen LogP contribution in [-0.4, -0.2) is 42.9 Å². The van der Waals surface area contributed by atoms with Gasteiger partial charge >= 0.3 is 18.0 Å². The largest absolute Gasteiger partial charge is 0.480 e. The number of halogens is 1. The molecule has 1 aliphatic carbocycles. The summed E-state index contributed by atoms with van der Waals surface area (Å²) >= 11 is 6.08. The molecule has 0 spiro atoms. The molecule has 1 heterocycles. The van der Waals surface area contributed by atoms with E-state index in [1.807, 2.05) is 48.5 Å². The van der Waals surface area contributed by atoms with E-state index in [9.17, 15) is 19.5 Å². The van der Waals surface area contributed by atoms with E-state index in [4.69, 9.17) is 25.5 Å². The Labute approximate surface area is 229 Å². The number of esters is 1. The van der Waals surface area contributed by atoms with Crippen LogP contribution in [0.15, 0.2) is 83.3 Å². The van der Waals surface area contributed by atoms with E-state index in [0.29, 0.717) is 17.1 Å². The van der Waals surface area contributed by atoms with Gasteiger partial charge in [0.05, 0.1) is 17.7 Å². The minimum absolute atomic E-state index is 0.0657. The first-order chi connectivity index (χ1) is 18.9. The summed E-state index contributed by atoms with van der Waals surface area (Å²) in [6.45, 7) is 0.0657. The lowest BCUT2D eigenvalue weighted by Crippen LogP contribution is -2.42. The molecule has 1 atom stereocenters. The highest BCUT2D eigenvalue weighted by Crippen LogP contribution is 2.44. The number of carboxylic acid groups (broad SMARTS) is 1. The van der Waals surface area contributed by atoms with Crippen LogP contribution in [0.1, 0.15) is 33.2 Å². The lowest BCUT2D eigenvalue weighted by molar-refractivity contribution is -0.139. The van der Waals surface area contributed by atoms with Gasteiger partial charge in [0.15, 0.2) is 0 Å². The Kier molecular flexibility index (Phi) is 7.38. The Hall–Kier alpha value is -4.56. The number of aliphatic carboxylic acids is 1. The standard InChI is InChI=1S/C30H24ClNO7/c1-37-29(35)23-14-17(10-12-25(23)31)27-13-11-18(39-27)15-26(28(33)34)32-30(36)38-16-24-21-8-4-2-6-19(21)20-7-3-5-9-22(20)24/h2-14,24,26H,15-16H2,1H3,(H,32,36)(H,33,34). The van der Waals surface area contributed by atoms with Crippen molar-refractivity contribution in [2.75, 3.05) is 13.7 Å². The molecule has 0 radical (unpaired) electrons. The van der Waals surface area contributed by atoms with Gasteiger partial charge in [0.2, 0.25) is 0 Å². The molecule has 4 aromatic rings. The summed E-state index contributed by atoms with van der Waals surface area (Å²) in [7, 11) is 1.26. The monoisotopic (exact) mass is 545 g/mol. The first-order valence-electron chi connectivity index (χ1n) is 12.2. The molecular formula is C30H24ClNO7. The van der Waals surface area contributed by atoms with Gasteiger partial charge in [-0.05, 0) is 52.6 Å². The fraction of sp³-hybridized carbons (Fsp3) is 0.167. The number of carbonyl (C=O) groups is 3. The Morgan fingerprint density at radius 3 is 2.28 bits per heavy atom. The highest BCUT2D eigenvalue weighted by Gasteiger charge is 2.30. The Bertz CT molecular complexity index is 1510. The summed E-state index contributed by atoms with van der Waals surface area (Å²) in [5, 5.41) is 12.4. The second-order valence-corrected chi connectivity index (χ2v) is 9.42. The van der Waals surface area contributed by atoms with Crippen LogP contribution in [-0.2, 0) is 20.7 Å². The highest BCUT2D eigenvalue weighted by atomic mass is 35.5. The van der Waals surface area contributed by atoms with E-state index >= 15 is 0 Å². The number of hydrogen-bond donors (Lipinski definition) is 2. The van der Waals surface area contributed by atoms with Gasteiger partial charge in [0, 0.05) is 17.9 Å². The second-order valence-electron chi connectivity index (χ2n) is 9.02. The number of amides is 1. The molecule has 39 heavy (non-hydrogen) atoms. The molecule has 1 amide bonds. The number of ether oxygens (including phenoxy) is 2. The van der Waals surface area contributed by atoms with Crippen molar-refractivity contribution in [3.63, 3.8) is 0 Å². The number of alkyl carbamates (subject to hydrolysis) is 1. The minimum atomic E-state index is -1.28. The molecule has 3 aromatic carbocycles. The Morgan fingerprint density at radius 2 is 1.64 bits per heavy atom. The van der Waals surface area contributed by atoms with E-state index in [2.05, 4.69) is 5.32 Å². The van der Waals surface area contributed by atoms with E-state index in [1.165, 1.54) is 13.2 Å². The predicted octanol–water partition coefficient (Wildman–Crippen LogP) is 5.92. The van der Waals surface area contributed by atoms with Crippen molar-refractivity contribution < 1.29 is 33.4 Å². The van der Waals surface area contributed by atoms with Crippen LogP contribution in [0.2, 0.25) is 5.02 Å². The molecule has 0 saturated carbocycles. The Morgan fingerprint density at radius 1 is 0.974 bits per heavy atom. The average molecular weight is 546 g/mol. The van der Waals surface area contributed by atoms with Crippen LogP contribution in [0.4, 0.5) is 4.79 Å². The number of rotatable bonds is 8. The molecular weight excluding hydrogens is 522 g/mol. The molecule has 0 saturated heterocycles. The number of nitrogens with one attached hydrogen (secondary N) is 1. The van der Waals surface area contributed by atoms with Crippen LogP contribution in [0, 0.1) is 0 Å². The van der Waals surface area contributed by atoms with Crippen molar-refractivity contribution in [1.82, 2.24) is 5.32 Å². The number of benzene rings is 3. The number of fused-ring (bicyclic) bond motifs is 3. The van der Waals surface area contributed by atoms with Gasteiger partial charge in [-0.25, -0.2) is 14.4 Å². The third-order valence-electron chi connectivity index (χ3n) is 6.66. The van der Waals surface area contributed by atoms with Gasteiger partial charge in [0.25, 0.3) is 0 Å².